The van der Waals surface area contributed by atoms with Crippen LogP contribution in [0.2, 0.25) is 0 Å². The molecule has 1 N–H and O–H groups in total. The van der Waals surface area contributed by atoms with Crippen LogP contribution in [0.15, 0.2) is 0 Å². The van der Waals surface area contributed by atoms with Crippen LogP contribution in [0.4, 0.5) is 0 Å². The summed E-state index contributed by atoms with van der Waals surface area (Å²) in [6, 6.07) is 0. The second kappa shape index (κ2) is 16.2. The van der Waals surface area contributed by atoms with Gasteiger partial charge in [0.25, 0.3) is 0 Å². The zero-order chi connectivity index (χ0) is 21.5. The van der Waals surface area contributed by atoms with Crippen LogP contribution in [0.5, 0.6) is 0 Å². The summed E-state index contributed by atoms with van der Waals surface area (Å²) in [7, 11) is 0. The van der Waals surface area contributed by atoms with Crippen LogP contribution in [0.1, 0.15) is 79.1 Å². The first-order valence-corrected chi connectivity index (χ1v) is 11.8. The normalized spacial score (nSPS) is 27.5. The number of rotatable bonds is 17. The summed E-state index contributed by atoms with van der Waals surface area (Å²) >= 11 is 0. The first-order chi connectivity index (χ1) is 14.1. The molecule has 1 aliphatic carbocycles. The first-order valence-electron chi connectivity index (χ1n) is 11.8. The Morgan fingerprint density at radius 2 is 1.14 bits per heavy atom. The summed E-state index contributed by atoms with van der Waals surface area (Å²) in [4.78, 5) is 13.0. The van der Waals surface area contributed by atoms with Gasteiger partial charge in [0.05, 0.1) is 18.6 Å². The summed E-state index contributed by atoms with van der Waals surface area (Å²) in [5.41, 5.74) is 0. The highest BCUT2D eigenvalue weighted by Crippen LogP contribution is 2.31. The van der Waals surface area contributed by atoms with Crippen molar-refractivity contribution in [1.82, 2.24) is 0 Å². The molecular weight excluding hydrogens is 372 g/mol. The average molecular weight is 417 g/mol. The predicted octanol–water partition coefficient (Wildman–Crippen LogP) is 3.92. The summed E-state index contributed by atoms with van der Waals surface area (Å²) < 4.78 is 24.1. The Morgan fingerprint density at radius 1 is 0.690 bits per heavy atom. The molecule has 29 heavy (non-hydrogen) atoms. The van der Waals surface area contributed by atoms with Crippen molar-refractivity contribution in [3.05, 3.63) is 0 Å². The van der Waals surface area contributed by atoms with Gasteiger partial charge in [-0.05, 0) is 25.7 Å². The predicted molar refractivity (Wildman–Crippen MR) is 114 cm³/mol. The maximum absolute atomic E-state index is 13.0. The Morgan fingerprint density at radius 3 is 1.66 bits per heavy atom. The molecule has 1 fully saturated rings. The van der Waals surface area contributed by atoms with Gasteiger partial charge in [-0.1, -0.05) is 53.4 Å². The van der Waals surface area contributed by atoms with Gasteiger partial charge in [0.2, 0.25) is 0 Å². The molecule has 0 amide bonds. The average Bonchev–Trinajstić information content (AvgIpc) is 2.72. The van der Waals surface area contributed by atoms with E-state index in [1.165, 1.54) is 0 Å². The third-order valence-electron chi connectivity index (χ3n) is 5.38. The van der Waals surface area contributed by atoms with E-state index in [2.05, 4.69) is 27.7 Å². The zero-order valence-corrected chi connectivity index (χ0v) is 19.1. The number of hydrogen-bond donors (Lipinski definition) is 1. The Kier molecular flexibility index (Phi) is 14.8. The third-order valence-corrected chi connectivity index (χ3v) is 5.38. The largest absolute Gasteiger partial charge is 0.382 e. The van der Waals surface area contributed by atoms with Crippen LogP contribution in [-0.4, -0.2) is 68.3 Å². The highest BCUT2D eigenvalue weighted by Gasteiger charge is 2.51. The van der Waals surface area contributed by atoms with Gasteiger partial charge in [-0.25, -0.2) is 0 Å². The second-order valence-corrected chi connectivity index (χ2v) is 7.95. The smallest absolute Gasteiger partial charge is 0.172 e. The lowest BCUT2D eigenvalue weighted by molar-refractivity contribution is -0.211. The summed E-state index contributed by atoms with van der Waals surface area (Å²) in [5, 5.41) is 10.8. The fourth-order valence-electron chi connectivity index (χ4n) is 3.45. The van der Waals surface area contributed by atoms with E-state index >= 15 is 0 Å². The lowest BCUT2D eigenvalue weighted by Gasteiger charge is -2.43. The number of carbonyl (C=O) groups excluding carboxylic acids is 1. The number of ketones is 1. The highest BCUT2D eigenvalue weighted by molar-refractivity contribution is 5.87. The summed E-state index contributed by atoms with van der Waals surface area (Å²) in [6.45, 7) is 10.9. The van der Waals surface area contributed by atoms with Gasteiger partial charge in [-0.3, -0.25) is 4.79 Å². The van der Waals surface area contributed by atoms with E-state index in [1.807, 2.05) is 0 Å². The molecule has 0 aromatic heterocycles. The molecule has 6 heteroatoms. The van der Waals surface area contributed by atoms with Crippen molar-refractivity contribution in [3.8, 4) is 0 Å². The molecule has 0 saturated heterocycles. The van der Waals surface area contributed by atoms with Gasteiger partial charge >= 0.3 is 0 Å². The van der Waals surface area contributed by atoms with Crippen molar-refractivity contribution in [2.24, 2.45) is 5.92 Å². The molecule has 6 nitrogen and oxygen atoms in total. The van der Waals surface area contributed by atoms with Gasteiger partial charge in [0.1, 0.15) is 18.3 Å². The van der Waals surface area contributed by atoms with Crippen molar-refractivity contribution < 1.29 is 28.8 Å². The zero-order valence-electron chi connectivity index (χ0n) is 19.1. The van der Waals surface area contributed by atoms with Crippen LogP contribution < -0.4 is 0 Å². The lowest BCUT2D eigenvalue weighted by Crippen LogP contribution is -2.62. The molecule has 0 radical (unpaired) electrons. The number of ether oxygens (including phenoxy) is 4. The molecule has 0 spiro atoms. The van der Waals surface area contributed by atoms with Crippen molar-refractivity contribution in [3.63, 3.8) is 0 Å². The maximum Gasteiger partial charge on any atom is 0.172 e. The van der Waals surface area contributed by atoms with Gasteiger partial charge in [0, 0.05) is 26.4 Å². The molecule has 1 aliphatic rings. The van der Waals surface area contributed by atoms with Crippen molar-refractivity contribution in [2.45, 2.75) is 103 Å². The second-order valence-electron chi connectivity index (χ2n) is 7.95. The number of carbonyl (C=O) groups is 1. The summed E-state index contributed by atoms with van der Waals surface area (Å²) in [6.07, 6.45) is 4.89. The van der Waals surface area contributed by atoms with Crippen molar-refractivity contribution >= 4 is 5.78 Å². The molecule has 0 unspecified atom stereocenters. The number of unbranched alkanes of at least 4 members (excludes halogenated alkanes) is 4. The number of aliphatic hydroxyl groups excluding tert-OH is 1. The van der Waals surface area contributed by atoms with E-state index in [-0.39, 0.29) is 12.4 Å². The SMILES string of the molecule is CCCCOC[C@H]1C(=O)[C@@H](O)[C@H](OCCCC)[C@@H](OCCCC)[C@@H]1OCCCC. The van der Waals surface area contributed by atoms with E-state index in [0.29, 0.717) is 26.4 Å². The number of hydrogen-bond acceptors (Lipinski definition) is 6. The molecule has 0 aliphatic heterocycles. The van der Waals surface area contributed by atoms with Gasteiger partial charge in [0.15, 0.2) is 5.78 Å². The quantitative estimate of drug-likeness (QED) is 0.362. The minimum atomic E-state index is -1.20. The Balaban J connectivity index is 2.98. The molecule has 0 aromatic rings. The maximum atomic E-state index is 13.0. The van der Waals surface area contributed by atoms with Gasteiger partial charge < -0.3 is 24.1 Å². The minimum absolute atomic E-state index is 0.250. The van der Waals surface area contributed by atoms with Crippen molar-refractivity contribution in [1.29, 1.82) is 0 Å². The topological polar surface area (TPSA) is 74.2 Å². The fraction of sp³-hybridized carbons (Fsp3) is 0.957. The molecule has 1 saturated carbocycles. The van der Waals surface area contributed by atoms with Crippen LogP contribution in [0.3, 0.4) is 0 Å². The molecular formula is C23H44O6. The van der Waals surface area contributed by atoms with Crippen LogP contribution >= 0.6 is 0 Å². The minimum Gasteiger partial charge on any atom is -0.382 e. The fourth-order valence-corrected chi connectivity index (χ4v) is 3.45. The third kappa shape index (κ3) is 9.01. The monoisotopic (exact) mass is 416 g/mol. The summed E-state index contributed by atoms with van der Waals surface area (Å²) in [5.74, 6) is -0.781. The van der Waals surface area contributed by atoms with E-state index in [0.717, 1.165) is 51.4 Å². The Labute approximate surface area is 177 Å². The molecule has 0 aromatic carbocycles. The molecule has 1 rings (SSSR count). The Hall–Kier alpha value is -0.530. The molecule has 0 heterocycles. The van der Waals surface area contributed by atoms with E-state index in [1.54, 1.807) is 0 Å². The number of Topliss-reactive ketones (excluding diaryl/α,β-unsaturated/α-hetero) is 1. The lowest BCUT2D eigenvalue weighted by atomic mass is 9.79. The van der Waals surface area contributed by atoms with Crippen LogP contribution in [0.25, 0.3) is 0 Å². The van der Waals surface area contributed by atoms with Gasteiger partial charge in [-0.2, -0.15) is 0 Å². The molecule has 5 atom stereocenters. The van der Waals surface area contributed by atoms with E-state index in [4.69, 9.17) is 18.9 Å². The molecule has 172 valence electrons. The standard InChI is InChI=1S/C23H44O6/c1-5-9-13-26-17-18-19(24)20(25)22(28-15-11-7-3)23(29-16-12-8-4)21(18)27-14-10-6-2/h18,20-23,25H,5-17H2,1-4H3/t18-,20+,21+,22-,23-/m0/s1. The number of aliphatic hydroxyl groups is 1. The van der Waals surface area contributed by atoms with E-state index in [9.17, 15) is 9.90 Å². The van der Waals surface area contributed by atoms with E-state index < -0.39 is 30.3 Å². The highest BCUT2D eigenvalue weighted by atomic mass is 16.6. The Bertz CT molecular complexity index is 416. The first kappa shape index (κ1) is 26.5. The van der Waals surface area contributed by atoms with Crippen molar-refractivity contribution in [2.75, 3.05) is 33.0 Å². The van der Waals surface area contributed by atoms with Crippen LogP contribution in [0, 0.1) is 5.92 Å². The molecule has 0 bridgehead atoms. The van der Waals surface area contributed by atoms with Crippen LogP contribution in [-0.2, 0) is 23.7 Å². The van der Waals surface area contributed by atoms with Gasteiger partial charge in [-0.15, -0.1) is 0 Å².